The van der Waals surface area contributed by atoms with Gasteiger partial charge in [0.15, 0.2) is 0 Å². The van der Waals surface area contributed by atoms with Gasteiger partial charge in [-0.25, -0.2) is 4.79 Å². The van der Waals surface area contributed by atoms with E-state index in [-0.39, 0.29) is 18.9 Å². The molecule has 0 aliphatic heterocycles. The van der Waals surface area contributed by atoms with Crippen LogP contribution in [-0.2, 0) is 14.3 Å². The molecule has 1 aliphatic rings. The Hall–Kier alpha value is -2.86. The Morgan fingerprint density at radius 2 is 1.66 bits per heavy atom. The van der Waals surface area contributed by atoms with Gasteiger partial charge in [0.25, 0.3) is 0 Å². The molecule has 3 rings (SSSR count). The Morgan fingerprint density at radius 1 is 1.10 bits per heavy atom. The number of aliphatic carboxylic acids is 1. The van der Waals surface area contributed by atoms with E-state index >= 15 is 0 Å². The number of amides is 1. The molecule has 0 heterocycles. The van der Waals surface area contributed by atoms with E-state index in [1.807, 2.05) is 43.3 Å². The lowest BCUT2D eigenvalue weighted by Crippen LogP contribution is -2.53. The highest BCUT2D eigenvalue weighted by atomic mass is 16.5. The second-order valence-corrected chi connectivity index (χ2v) is 7.49. The third kappa shape index (κ3) is 4.27. The van der Waals surface area contributed by atoms with Crippen LogP contribution in [0.2, 0.25) is 0 Å². The molecule has 2 aromatic carbocycles. The van der Waals surface area contributed by atoms with Crippen LogP contribution in [0.15, 0.2) is 48.5 Å². The van der Waals surface area contributed by atoms with Crippen molar-refractivity contribution in [1.29, 1.82) is 0 Å². The van der Waals surface area contributed by atoms with Crippen molar-refractivity contribution < 1.29 is 24.2 Å². The van der Waals surface area contributed by atoms with Crippen LogP contribution in [0.5, 0.6) is 0 Å². The highest BCUT2D eigenvalue weighted by Gasteiger charge is 2.36. The quantitative estimate of drug-likeness (QED) is 0.698. The van der Waals surface area contributed by atoms with Crippen molar-refractivity contribution in [3.8, 4) is 11.1 Å². The maximum atomic E-state index is 12.5. The Labute approximate surface area is 170 Å². The second-order valence-electron chi connectivity index (χ2n) is 7.49. The third-order valence-electron chi connectivity index (χ3n) is 5.92. The minimum Gasteiger partial charge on any atom is -0.481 e. The normalized spacial score (nSPS) is 15.7. The number of methoxy groups -OCH3 is 1. The summed E-state index contributed by atoms with van der Waals surface area (Å²) in [5.74, 6) is -1.06. The van der Waals surface area contributed by atoms with Crippen molar-refractivity contribution in [2.45, 2.75) is 44.2 Å². The number of hydrogen-bond acceptors (Lipinski definition) is 4. The largest absolute Gasteiger partial charge is 0.481 e. The molecule has 6 nitrogen and oxygen atoms in total. The number of ether oxygens (including phenoxy) is 2. The van der Waals surface area contributed by atoms with Crippen LogP contribution in [0.1, 0.15) is 43.7 Å². The molecular formula is C23H27NO5. The van der Waals surface area contributed by atoms with Gasteiger partial charge < -0.3 is 19.9 Å². The fraction of sp³-hybridized carbons (Fsp3) is 0.391. The van der Waals surface area contributed by atoms with Crippen molar-refractivity contribution in [3.05, 3.63) is 59.7 Å². The molecule has 154 valence electrons. The number of fused-ring (bicyclic) bond motifs is 3. The Balaban J connectivity index is 1.72. The van der Waals surface area contributed by atoms with Gasteiger partial charge in [0, 0.05) is 13.0 Å². The van der Waals surface area contributed by atoms with Crippen molar-refractivity contribution in [1.82, 2.24) is 5.32 Å². The van der Waals surface area contributed by atoms with E-state index in [9.17, 15) is 14.7 Å². The molecule has 0 spiro atoms. The number of carbonyl (C=O) groups excluding carboxylic acids is 1. The predicted molar refractivity (Wildman–Crippen MR) is 110 cm³/mol. The van der Waals surface area contributed by atoms with Crippen LogP contribution in [0, 0.1) is 0 Å². The SMILES string of the molecule is CCC(C)(OC)C(CC(=O)O)NC(=O)OCC1c2ccccc2-c2ccccc21. The zero-order valence-corrected chi connectivity index (χ0v) is 17.0. The molecule has 2 aromatic rings. The van der Waals surface area contributed by atoms with E-state index < -0.39 is 23.7 Å². The van der Waals surface area contributed by atoms with Gasteiger partial charge in [-0.05, 0) is 35.6 Å². The summed E-state index contributed by atoms with van der Waals surface area (Å²) in [7, 11) is 1.51. The summed E-state index contributed by atoms with van der Waals surface area (Å²) >= 11 is 0. The Kier molecular flexibility index (Phi) is 6.23. The van der Waals surface area contributed by atoms with E-state index in [4.69, 9.17) is 9.47 Å². The predicted octanol–water partition coefficient (Wildman–Crippen LogP) is 4.18. The topological polar surface area (TPSA) is 84.9 Å². The van der Waals surface area contributed by atoms with E-state index in [1.54, 1.807) is 6.92 Å². The second kappa shape index (κ2) is 8.66. The van der Waals surface area contributed by atoms with Gasteiger partial charge in [-0.3, -0.25) is 4.79 Å². The lowest BCUT2D eigenvalue weighted by Gasteiger charge is -2.35. The number of alkyl carbamates (subject to hydrolysis) is 1. The molecule has 0 bridgehead atoms. The van der Waals surface area contributed by atoms with Crippen molar-refractivity contribution in [2.24, 2.45) is 0 Å². The molecule has 1 aliphatic carbocycles. The molecule has 2 unspecified atom stereocenters. The smallest absolute Gasteiger partial charge is 0.407 e. The molecule has 2 N–H and O–H groups in total. The van der Waals surface area contributed by atoms with Crippen LogP contribution in [0.4, 0.5) is 4.79 Å². The number of carbonyl (C=O) groups is 2. The third-order valence-corrected chi connectivity index (χ3v) is 5.92. The summed E-state index contributed by atoms with van der Waals surface area (Å²) in [5, 5.41) is 11.9. The summed E-state index contributed by atoms with van der Waals surface area (Å²) in [4.78, 5) is 23.8. The van der Waals surface area contributed by atoms with Crippen LogP contribution >= 0.6 is 0 Å². The monoisotopic (exact) mass is 397 g/mol. The molecule has 1 amide bonds. The minimum absolute atomic E-state index is 0.0499. The lowest BCUT2D eigenvalue weighted by molar-refractivity contribution is -0.140. The van der Waals surface area contributed by atoms with Crippen molar-refractivity contribution in [3.63, 3.8) is 0 Å². The van der Waals surface area contributed by atoms with Crippen LogP contribution in [0.25, 0.3) is 11.1 Å². The van der Waals surface area contributed by atoms with E-state index in [1.165, 1.54) is 7.11 Å². The molecule has 0 saturated heterocycles. The van der Waals surface area contributed by atoms with Crippen LogP contribution in [-0.4, -0.2) is 42.5 Å². The zero-order chi connectivity index (χ0) is 21.0. The summed E-state index contributed by atoms with van der Waals surface area (Å²) in [6, 6.07) is 15.5. The Bertz CT molecular complexity index is 845. The molecule has 2 atom stereocenters. The summed E-state index contributed by atoms with van der Waals surface area (Å²) < 4.78 is 11.0. The molecule has 0 fully saturated rings. The first-order valence-electron chi connectivity index (χ1n) is 9.78. The van der Waals surface area contributed by atoms with E-state index in [0.29, 0.717) is 6.42 Å². The van der Waals surface area contributed by atoms with Crippen LogP contribution < -0.4 is 5.32 Å². The van der Waals surface area contributed by atoms with Gasteiger partial charge in [0.05, 0.1) is 18.1 Å². The number of carboxylic acid groups (broad SMARTS) is 1. The molecule has 0 aromatic heterocycles. The summed E-state index contributed by atoms with van der Waals surface area (Å²) in [5.41, 5.74) is 3.75. The molecule has 0 saturated carbocycles. The number of carboxylic acids is 1. The first kappa shape index (κ1) is 20.9. The first-order valence-corrected chi connectivity index (χ1v) is 9.78. The van der Waals surface area contributed by atoms with E-state index in [0.717, 1.165) is 22.3 Å². The molecule has 0 radical (unpaired) electrons. The van der Waals surface area contributed by atoms with Gasteiger partial charge in [-0.15, -0.1) is 0 Å². The van der Waals surface area contributed by atoms with Gasteiger partial charge in [-0.2, -0.15) is 0 Å². The van der Waals surface area contributed by atoms with Crippen LogP contribution in [0.3, 0.4) is 0 Å². The van der Waals surface area contributed by atoms with Gasteiger partial charge >= 0.3 is 12.1 Å². The highest BCUT2D eigenvalue weighted by molar-refractivity contribution is 5.79. The maximum Gasteiger partial charge on any atom is 0.407 e. The number of rotatable bonds is 8. The first-order chi connectivity index (χ1) is 13.9. The van der Waals surface area contributed by atoms with Crippen molar-refractivity contribution >= 4 is 12.1 Å². The minimum atomic E-state index is -1.01. The lowest BCUT2D eigenvalue weighted by atomic mass is 9.91. The highest BCUT2D eigenvalue weighted by Crippen LogP contribution is 2.44. The number of benzene rings is 2. The molecular weight excluding hydrogens is 370 g/mol. The number of hydrogen-bond donors (Lipinski definition) is 2. The van der Waals surface area contributed by atoms with Gasteiger partial charge in [-0.1, -0.05) is 55.5 Å². The molecule has 6 heteroatoms. The standard InChI is InChI=1S/C23H27NO5/c1-4-23(2,28-3)20(13-21(25)26)24-22(27)29-14-19-17-11-7-5-9-15(17)16-10-6-8-12-18(16)19/h5-12,19-20H,4,13-14H2,1-3H3,(H,24,27)(H,25,26). The summed E-state index contributed by atoms with van der Waals surface area (Å²) in [6.07, 6.45) is -0.345. The fourth-order valence-corrected chi connectivity index (χ4v) is 3.91. The van der Waals surface area contributed by atoms with Gasteiger partial charge in [0.2, 0.25) is 0 Å². The fourth-order valence-electron chi connectivity index (χ4n) is 3.91. The number of nitrogens with one attached hydrogen (secondary N) is 1. The van der Waals surface area contributed by atoms with Crippen molar-refractivity contribution in [2.75, 3.05) is 13.7 Å². The molecule has 29 heavy (non-hydrogen) atoms. The average Bonchev–Trinajstić information content (AvgIpc) is 3.04. The van der Waals surface area contributed by atoms with Gasteiger partial charge in [0.1, 0.15) is 6.61 Å². The Morgan fingerprint density at radius 3 is 2.14 bits per heavy atom. The van der Waals surface area contributed by atoms with E-state index in [2.05, 4.69) is 17.4 Å². The average molecular weight is 397 g/mol. The maximum absolute atomic E-state index is 12.5. The summed E-state index contributed by atoms with van der Waals surface area (Å²) in [6.45, 7) is 3.84. The zero-order valence-electron chi connectivity index (χ0n) is 17.0.